The van der Waals surface area contributed by atoms with Crippen LogP contribution in [0.25, 0.3) is 0 Å². The predicted molar refractivity (Wildman–Crippen MR) is 294 cm³/mol. The summed E-state index contributed by atoms with van der Waals surface area (Å²) >= 11 is 1.64. The highest BCUT2D eigenvalue weighted by Crippen LogP contribution is 2.52. The van der Waals surface area contributed by atoms with Crippen LogP contribution in [-0.4, -0.2) is 116 Å². The number of amides is 7. The van der Waals surface area contributed by atoms with E-state index >= 15 is 0 Å². The molecule has 0 unspecified atom stereocenters. The molecule has 19 nitrogen and oxygen atoms in total. The van der Waals surface area contributed by atoms with Gasteiger partial charge in [-0.1, -0.05) is 46.2 Å². The quantitative estimate of drug-likeness (QED) is 0.0401. The van der Waals surface area contributed by atoms with Gasteiger partial charge in [-0.25, -0.2) is 9.78 Å². The van der Waals surface area contributed by atoms with Crippen molar-refractivity contribution in [3.05, 3.63) is 101 Å². The van der Waals surface area contributed by atoms with E-state index < -0.39 is 35.4 Å². The van der Waals surface area contributed by atoms with Gasteiger partial charge in [0.2, 0.25) is 17.7 Å². The minimum absolute atomic E-state index is 0.0837. The number of carbonyl (C=O) groups excluding carboxylic acids is 7. The van der Waals surface area contributed by atoms with Crippen molar-refractivity contribution in [2.75, 3.05) is 47.6 Å². The zero-order valence-electron chi connectivity index (χ0n) is 45.6. The molecule has 410 valence electrons. The number of imide groups is 1. The fraction of sp³-hybridized carbons (Fsp3) is 0.509. The number of nitrogens with zero attached hydrogens (tertiary/aromatic N) is 8. The van der Waals surface area contributed by atoms with Gasteiger partial charge in [0, 0.05) is 67.9 Å². The number of hydrogen-bond donors (Lipinski definition) is 3. The van der Waals surface area contributed by atoms with E-state index in [2.05, 4.69) is 57.0 Å². The Bertz CT molecular complexity index is 2880. The van der Waals surface area contributed by atoms with E-state index in [0.717, 1.165) is 59.9 Å². The summed E-state index contributed by atoms with van der Waals surface area (Å²) in [4.78, 5) is 105. The van der Waals surface area contributed by atoms with Crippen molar-refractivity contribution in [1.82, 2.24) is 40.2 Å². The summed E-state index contributed by atoms with van der Waals surface area (Å²) in [6.07, 6.45) is 11.4. The number of benzene rings is 2. The number of ether oxygens (including phenoxy) is 1. The minimum atomic E-state index is -0.944. The molecule has 7 amide bonds. The molecule has 0 spiro atoms. The Morgan fingerprint density at radius 2 is 1.65 bits per heavy atom. The Morgan fingerprint density at radius 1 is 0.909 bits per heavy atom. The van der Waals surface area contributed by atoms with Crippen molar-refractivity contribution < 1.29 is 38.3 Å². The zero-order chi connectivity index (χ0) is 55.1. The summed E-state index contributed by atoms with van der Waals surface area (Å²) in [6.45, 7) is 15.1. The van der Waals surface area contributed by atoms with E-state index in [0.29, 0.717) is 66.1 Å². The van der Waals surface area contributed by atoms with Gasteiger partial charge in [0.1, 0.15) is 42.5 Å². The van der Waals surface area contributed by atoms with E-state index in [1.807, 2.05) is 36.9 Å². The molecule has 4 aromatic rings. The number of thioether (sulfide) groups is 1. The molecule has 1 aliphatic carbocycles. The number of likely N-dealkylation sites (tertiary alicyclic amines) is 1. The monoisotopic (exact) mass is 1070 g/mol. The van der Waals surface area contributed by atoms with Crippen LogP contribution in [0.5, 0.6) is 0 Å². The smallest absolute Gasteiger partial charge is 0.415 e. The molecule has 77 heavy (non-hydrogen) atoms. The summed E-state index contributed by atoms with van der Waals surface area (Å²) in [5.41, 5.74) is 4.23. The summed E-state index contributed by atoms with van der Waals surface area (Å²) in [5, 5.41) is 17.1. The van der Waals surface area contributed by atoms with Gasteiger partial charge >= 0.3 is 6.09 Å². The first kappa shape index (κ1) is 56.3. The number of unbranched alkanes of at least 4 members (excludes halogenated alkanes) is 2. The van der Waals surface area contributed by atoms with Crippen molar-refractivity contribution in [2.24, 2.45) is 24.8 Å². The highest BCUT2D eigenvalue weighted by atomic mass is 32.2. The van der Waals surface area contributed by atoms with Crippen LogP contribution >= 0.6 is 11.8 Å². The van der Waals surface area contributed by atoms with Crippen LogP contribution in [0.4, 0.5) is 22.1 Å². The lowest BCUT2D eigenvalue weighted by Crippen LogP contribution is -2.53. The molecule has 3 N–H and O–H groups in total. The van der Waals surface area contributed by atoms with Gasteiger partial charge in [0.05, 0.1) is 12.0 Å². The maximum absolute atomic E-state index is 14.7. The molecular formula is C57H73N11O8S. The van der Waals surface area contributed by atoms with Gasteiger partial charge in [-0.05, 0) is 142 Å². The Kier molecular flexibility index (Phi) is 18.0. The van der Waals surface area contributed by atoms with Crippen molar-refractivity contribution >= 4 is 70.6 Å². The molecule has 2 aromatic carbocycles. The molecule has 0 bridgehead atoms. The zero-order valence-corrected chi connectivity index (χ0v) is 46.4. The number of rotatable bonds is 22. The van der Waals surface area contributed by atoms with Crippen LogP contribution in [-0.2, 0) is 60.9 Å². The first-order valence-electron chi connectivity index (χ1n) is 27.0. The van der Waals surface area contributed by atoms with Gasteiger partial charge < -0.3 is 25.3 Å². The molecule has 0 radical (unpaired) electrons. The largest absolute Gasteiger partial charge is 0.444 e. The van der Waals surface area contributed by atoms with Crippen molar-refractivity contribution in [2.45, 2.75) is 135 Å². The fourth-order valence-electron chi connectivity index (χ4n) is 11.1. The number of aromatic nitrogens is 4. The molecular weight excluding hydrogens is 999 g/mol. The van der Waals surface area contributed by atoms with Crippen LogP contribution in [0, 0.1) is 17.8 Å². The SMILES string of the molecule is CCN(C(=O)OCc1ccc(NC(=O)[C@H](C)NC(=O)[C@@H](NC(=O)CCCCCN2C(=O)C=CC2=O)C(C)C)cc1)c1cc(C2(c3nncn3C)CC(C)C2)cc(N2Cc3c(SC)cc(CN4CCC[C@H](C)C4)cc3C2=O)n1. The van der Waals surface area contributed by atoms with Gasteiger partial charge in [-0.3, -0.25) is 48.4 Å². The van der Waals surface area contributed by atoms with E-state index in [1.165, 1.54) is 34.8 Å². The Labute approximate surface area is 455 Å². The molecule has 1 saturated carbocycles. The molecule has 2 aromatic heterocycles. The molecule has 4 aliphatic rings. The van der Waals surface area contributed by atoms with Crippen LogP contribution in [0.1, 0.15) is 131 Å². The highest BCUT2D eigenvalue weighted by molar-refractivity contribution is 7.98. The molecule has 1 saturated heterocycles. The number of hydrogen-bond acceptors (Lipinski definition) is 13. The Balaban J connectivity index is 0.904. The molecule has 2 fully saturated rings. The van der Waals surface area contributed by atoms with E-state index in [-0.39, 0.29) is 55.7 Å². The van der Waals surface area contributed by atoms with Crippen LogP contribution in [0.2, 0.25) is 0 Å². The third kappa shape index (κ3) is 12.9. The maximum Gasteiger partial charge on any atom is 0.415 e. The van der Waals surface area contributed by atoms with E-state index in [9.17, 15) is 33.6 Å². The van der Waals surface area contributed by atoms with Gasteiger partial charge in [0.15, 0.2) is 0 Å². The topological polar surface area (TPSA) is 221 Å². The molecule has 5 heterocycles. The summed E-state index contributed by atoms with van der Waals surface area (Å²) in [7, 11) is 1.93. The third-order valence-electron chi connectivity index (χ3n) is 15.2. The molecule has 20 heteroatoms. The van der Waals surface area contributed by atoms with Crippen LogP contribution in [0.15, 0.2) is 71.9 Å². The summed E-state index contributed by atoms with van der Waals surface area (Å²) in [6, 6.07) is 13.2. The van der Waals surface area contributed by atoms with Gasteiger partial charge in [0.25, 0.3) is 17.7 Å². The summed E-state index contributed by atoms with van der Waals surface area (Å²) < 4.78 is 7.87. The highest BCUT2D eigenvalue weighted by Gasteiger charge is 2.49. The average Bonchev–Trinajstić information content (AvgIpc) is 4.13. The predicted octanol–water partition coefficient (Wildman–Crippen LogP) is 7.27. The number of piperidine rings is 1. The van der Waals surface area contributed by atoms with Crippen LogP contribution in [0.3, 0.4) is 0 Å². The number of anilines is 3. The summed E-state index contributed by atoms with van der Waals surface area (Å²) in [5.74, 6) is 0.260. The molecule has 3 aliphatic heterocycles. The number of fused-ring (bicyclic) bond motifs is 1. The number of nitrogens with one attached hydrogen (secondary N) is 3. The first-order valence-corrected chi connectivity index (χ1v) is 28.2. The standard InChI is InChI=1S/C57H73N11O8S/c1-9-66(56(75)76-33-39-16-18-42(19-17-39)60-52(72)38(6)59-53(73)51(35(2)3)62-48(69)15-11-10-12-23-67-49(70)20-21-50(67)71)46-26-41(57(28-37(5)29-57)55-63-58-34-64(55)7)27-47(61-46)68-32-44-43(54(68)74)24-40(25-45(44)77-8)31-65-22-13-14-36(4)30-65/h16-21,24-27,34-38,51H,9-15,22-23,28-33H2,1-8H3,(H,59,73)(H,60,72)(H,62,69)/t36-,37?,38-,51-,57?/m0/s1. The lowest BCUT2D eigenvalue weighted by atomic mass is 9.58. The molecule has 8 rings (SSSR count). The maximum atomic E-state index is 14.7. The lowest BCUT2D eigenvalue weighted by Gasteiger charge is -2.46. The molecule has 3 atom stereocenters. The van der Waals surface area contributed by atoms with Gasteiger partial charge in [-0.15, -0.1) is 22.0 Å². The minimum Gasteiger partial charge on any atom is -0.444 e. The van der Waals surface area contributed by atoms with Crippen molar-refractivity contribution in [3.63, 3.8) is 0 Å². The average molecular weight is 1070 g/mol. The second-order valence-corrected chi connectivity index (χ2v) is 22.5. The number of pyridine rings is 1. The Hall–Kier alpha value is -6.93. The number of aryl methyl sites for hydroxylation is 1. The van der Waals surface area contributed by atoms with Crippen molar-refractivity contribution in [1.29, 1.82) is 0 Å². The van der Waals surface area contributed by atoms with Crippen molar-refractivity contribution in [3.8, 4) is 0 Å². The Morgan fingerprint density at radius 3 is 2.30 bits per heavy atom. The number of carbonyl (C=O) groups is 7. The fourth-order valence-corrected chi connectivity index (χ4v) is 11.8. The second kappa shape index (κ2) is 24.6. The normalized spacial score (nSPS) is 20.0. The third-order valence-corrected chi connectivity index (χ3v) is 16.0. The van der Waals surface area contributed by atoms with E-state index in [4.69, 9.17) is 9.72 Å². The lowest BCUT2D eigenvalue weighted by molar-refractivity contribution is -0.137. The first-order chi connectivity index (χ1) is 36.9. The van der Waals surface area contributed by atoms with Gasteiger partial charge in [-0.2, -0.15) is 0 Å². The second-order valence-electron chi connectivity index (χ2n) is 21.6. The van der Waals surface area contributed by atoms with E-state index in [1.54, 1.807) is 68.0 Å². The van der Waals surface area contributed by atoms with Crippen LogP contribution < -0.4 is 25.8 Å².